The van der Waals surface area contributed by atoms with Gasteiger partial charge in [0.1, 0.15) is 60.3 Å². The molecule has 3 fully saturated rings. The van der Waals surface area contributed by atoms with Crippen LogP contribution in [0.2, 0.25) is 0 Å². The number of hydrogen-bond acceptors (Lipinski definition) is 18. The zero-order chi connectivity index (χ0) is 30.0. The van der Waals surface area contributed by atoms with E-state index in [1.807, 2.05) is 0 Å². The summed E-state index contributed by atoms with van der Waals surface area (Å²) in [6, 6.07) is 0. The van der Waals surface area contributed by atoms with Gasteiger partial charge in [0.05, 0.1) is 19.3 Å². The minimum atomic E-state index is -4.58. The van der Waals surface area contributed by atoms with Crippen molar-refractivity contribution in [3.8, 4) is 0 Å². The summed E-state index contributed by atoms with van der Waals surface area (Å²) in [7, 11) is -7.93. The number of nitrogens with one attached hydrogen (secondary N) is 1. The van der Waals surface area contributed by atoms with Crippen LogP contribution in [0.15, 0.2) is 25.3 Å². The van der Waals surface area contributed by atoms with Crippen molar-refractivity contribution in [2.24, 2.45) is 0 Å². The van der Waals surface area contributed by atoms with Crippen LogP contribution in [0.5, 0.6) is 0 Å². The number of nitrogens with two attached hydrogens (primary N) is 2. The molecule has 230 valence electrons. The molecule has 7 N–H and O–H groups in total. The summed E-state index contributed by atoms with van der Waals surface area (Å²) in [5.74, 6) is 0.179. The predicted octanol–water partition coefficient (Wildman–Crippen LogP) is -2.63. The minimum Gasteiger partial charge on any atom is -0.386 e. The fraction of sp³-hybridized carbons (Fsp3) is 0.500. The first-order chi connectivity index (χ1) is 20.6. The van der Waals surface area contributed by atoms with Crippen molar-refractivity contribution in [3.05, 3.63) is 25.3 Å². The summed E-state index contributed by atoms with van der Waals surface area (Å²) in [5.41, 5.74) is 12.6. The number of fused-ring (bicyclic) bond motifs is 4. The average molecular weight is 642 g/mol. The predicted molar refractivity (Wildman–Crippen MR) is 141 cm³/mol. The van der Waals surface area contributed by atoms with Gasteiger partial charge < -0.3 is 40.2 Å². The molecule has 21 nitrogen and oxygen atoms in total. The van der Waals surface area contributed by atoms with Gasteiger partial charge in [-0.25, -0.2) is 34.1 Å². The van der Waals surface area contributed by atoms with Crippen LogP contribution < -0.4 is 16.2 Å². The molecule has 0 spiro atoms. The second-order valence-corrected chi connectivity index (χ2v) is 12.2. The Morgan fingerprint density at radius 3 is 2.02 bits per heavy atom. The molecule has 4 aromatic rings. The summed E-state index contributed by atoms with van der Waals surface area (Å²) >= 11 is 0. The Labute approximate surface area is 241 Å². The van der Waals surface area contributed by atoms with E-state index in [1.54, 1.807) is 0 Å². The van der Waals surface area contributed by atoms with Crippen LogP contribution in [0.3, 0.4) is 0 Å². The Morgan fingerprint density at radius 2 is 1.42 bits per heavy atom. The van der Waals surface area contributed by atoms with Crippen LogP contribution in [-0.2, 0) is 37.6 Å². The Hall–Kier alpha value is -3.44. The van der Waals surface area contributed by atoms with Crippen molar-refractivity contribution in [1.29, 1.82) is 0 Å². The first-order valence-corrected chi connectivity index (χ1v) is 15.3. The number of nitrogen functional groups attached to an aromatic ring is 2. The van der Waals surface area contributed by atoms with Crippen LogP contribution in [0.25, 0.3) is 22.3 Å². The Balaban J connectivity index is 1.14. The molecule has 0 aliphatic carbocycles. The molecule has 4 aromatic heterocycles. The lowest BCUT2D eigenvalue weighted by Gasteiger charge is -2.24. The van der Waals surface area contributed by atoms with Gasteiger partial charge in [0.25, 0.3) is 0 Å². The second kappa shape index (κ2) is 10.6. The van der Waals surface area contributed by atoms with Crippen molar-refractivity contribution in [1.82, 2.24) is 43.8 Å². The third-order valence-corrected chi connectivity index (χ3v) is 9.10. The molecule has 0 radical (unpaired) electrons. The van der Waals surface area contributed by atoms with Gasteiger partial charge in [0, 0.05) is 6.54 Å². The molecule has 23 heteroatoms. The molecule has 0 amide bonds. The number of hydrogen-bond donors (Lipinski definition) is 5. The van der Waals surface area contributed by atoms with Crippen LogP contribution in [0.1, 0.15) is 12.5 Å². The van der Waals surface area contributed by atoms with Crippen molar-refractivity contribution in [2.75, 3.05) is 24.6 Å². The SMILES string of the molecule is Nc1ncnc2c1ncn2C1OC2CNS(=O)(=O)OC3C(CO[PH](=O)OC2C1O)OC(n1cnc2c(N)ncnc21)C3O. The Morgan fingerprint density at radius 1 is 0.860 bits per heavy atom. The number of aliphatic hydroxyl groups is 2. The van der Waals surface area contributed by atoms with E-state index in [2.05, 4.69) is 34.6 Å². The number of aliphatic hydroxyl groups excluding tert-OH is 2. The zero-order valence-corrected chi connectivity index (χ0v) is 23.5. The number of aromatic nitrogens is 8. The van der Waals surface area contributed by atoms with E-state index < -0.39 is 80.8 Å². The Kier molecular flexibility index (Phi) is 7.00. The minimum absolute atomic E-state index is 0.0839. The van der Waals surface area contributed by atoms with Crippen molar-refractivity contribution < 1.29 is 45.9 Å². The number of imidazole rings is 2. The van der Waals surface area contributed by atoms with Gasteiger partial charge in [0.2, 0.25) is 0 Å². The topological polar surface area (TPSA) is 289 Å². The molecule has 3 aliphatic rings. The molecular formula is C20H24N11O10PS. The number of rotatable bonds is 2. The average Bonchev–Trinajstić information content (AvgIpc) is 3.73. The quantitative estimate of drug-likeness (QED) is 0.140. The maximum absolute atomic E-state index is 13.0. The molecule has 0 bridgehead atoms. The van der Waals surface area contributed by atoms with Gasteiger partial charge in [-0.3, -0.25) is 13.7 Å². The highest BCUT2D eigenvalue weighted by molar-refractivity contribution is 7.84. The van der Waals surface area contributed by atoms with Crippen molar-refractivity contribution in [2.45, 2.75) is 49.1 Å². The highest BCUT2D eigenvalue weighted by Gasteiger charge is 2.51. The van der Waals surface area contributed by atoms with Gasteiger partial charge in [-0.05, 0) is 0 Å². The lowest BCUT2D eigenvalue weighted by molar-refractivity contribution is -0.0495. The van der Waals surface area contributed by atoms with E-state index >= 15 is 0 Å². The molecule has 0 aromatic carbocycles. The number of anilines is 2. The summed E-state index contributed by atoms with van der Waals surface area (Å²) < 4.78 is 72.0. The van der Waals surface area contributed by atoms with E-state index in [9.17, 15) is 23.2 Å². The summed E-state index contributed by atoms with van der Waals surface area (Å²) in [6.07, 6.45) is -5.77. The lowest BCUT2D eigenvalue weighted by Crippen LogP contribution is -2.45. The second-order valence-electron chi connectivity index (χ2n) is 9.78. The molecule has 9 atom stereocenters. The highest BCUT2D eigenvalue weighted by Crippen LogP contribution is 2.41. The summed E-state index contributed by atoms with van der Waals surface area (Å²) in [4.78, 5) is 24.2. The van der Waals surface area contributed by atoms with Crippen LogP contribution in [0, 0.1) is 0 Å². The van der Waals surface area contributed by atoms with Gasteiger partial charge in [0.15, 0.2) is 35.4 Å². The zero-order valence-electron chi connectivity index (χ0n) is 21.6. The summed E-state index contributed by atoms with van der Waals surface area (Å²) in [6.45, 7) is -1.00. The maximum atomic E-state index is 13.0. The fourth-order valence-electron chi connectivity index (χ4n) is 5.23. The standard InChI is InChI=1S/C20H24N11O10PS/c21-15-9-17(25-3-23-15)30(5-27-9)19-11(32)13-7(38-19)1-29-43(35,36)41-14-8(2-37-42(34)40-13)39-20(12(14)33)31-6-28-10-16(22)24-4-26-18(10)31/h3-8,11-14,19-20,29,32-33,42H,1-2H2,(H2,21,23,25)(H2,22,24,26). The fourth-order valence-corrected chi connectivity index (χ4v) is 7.08. The molecule has 7 rings (SSSR count). The van der Waals surface area contributed by atoms with Crippen LogP contribution in [0.4, 0.5) is 11.6 Å². The third-order valence-electron chi connectivity index (χ3n) is 7.24. The normalized spacial score (nSPS) is 34.9. The lowest BCUT2D eigenvalue weighted by atomic mass is 10.1. The largest absolute Gasteiger partial charge is 0.386 e. The van der Waals surface area contributed by atoms with Crippen molar-refractivity contribution in [3.63, 3.8) is 0 Å². The molecule has 3 saturated heterocycles. The monoisotopic (exact) mass is 641 g/mol. The first kappa shape index (κ1) is 28.3. The van der Waals surface area contributed by atoms with E-state index in [0.29, 0.717) is 0 Å². The van der Waals surface area contributed by atoms with E-state index in [1.165, 1.54) is 34.4 Å². The van der Waals surface area contributed by atoms with Gasteiger partial charge in [-0.2, -0.15) is 13.1 Å². The van der Waals surface area contributed by atoms with E-state index in [4.69, 9.17) is 34.2 Å². The molecular weight excluding hydrogens is 617 g/mol. The summed E-state index contributed by atoms with van der Waals surface area (Å²) in [5, 5.41) is 22.2. The molecule has 9 unspecified atom stereocenters. The van der Waals surface area contributed by atoms with Gasteiger partial charge >= 0.3 is 18.6 Å². The van der Waals surface area contributed by atoms with Crippen molar-refractivity contribution >= 4 is 52.5 Å². The highest BCUT2D eigenvalue weighted by atomic mass is 32.2. The maximum Gasteiger partial charge on any atom is 0.336 e. The molecule has 0 saturated carbocycles. The van der Waals surface area contributed by atoms with E-state index in [-0.39, 0.29) is 34.0 Å². The third kappa shape index (κ3) is 4.90. The number of ether oxygens (including phenoxy) is 2. The van der Waals surface area contributed by atoms with E-state index in [0.717, 1.165) is 0 Å². The smallest absolute Gasteiger partial charge is 0.336 e. The first-order valence-electron chi connectivity index (χ1n) is 12.7. The van der Waals surface area contributed by atoms with Crippen LogP contribution in [-0.4, -0.2) is 107 Å². The van der Waals surface area contributed by atoms with Crippen LogP contribution >= 0.6 is 8.25 Å². The molecule has 3 aliphatic heterocycles. The van der Waals surface area contributed by atoms with Gasteiger partial charge in [-0.1, -0.05) is 0 Å². The molecule has 43 heavy (non-hydrogen) atoms. The Bertz CT molecular complexity index is 1820. The molecule has 7 heterocycles. The van der Waals surface area contributed by atoms with Gasteiger partial charge in [-0.15, -0.1) is 0 Å². The number of nitrogens with zero attached hydrogens (tertiary/aromatic N) is 8.